The van der Waals surface area contributed by atoms with Gasteiger partial charge >= 0.3 is 0 Å². The van der Waals surface area contributed by atoms with Gasteiger partial charge in [0, 0.05) is 11.8 Å². The molecule has 0 aliphatic rings. The van der Waals surface area contributed by atoms with Gasteiger partial charge in [-0.05, 0) is 38.1 Å². The summed E-state index contributed by atoms with van der Waals surface area (Å²) < 4.78 is 18.2. The topological polar surface area (TPSA) is 65.3 Å². The Balaban J connectivity index is 2.20. The Labute approximate surface area is 115 Å². The number of aromatic nitrogens is 1. The SMILES string of the molecule is Cc1cnc(COc2ccc(F)cc2)c(C)c1[N+](=O)[O-]. The average Bonchev–Trinajstić information content (AvgIpc) is 2.39. The Kier molecular flexibility index (Phi) is 3.93. The van der Waals surface area contributed by atoms with Gasteiger partial charge in [0.25, 0.3) is 5.69 Å². The van der Waals surface area contributed by atoms with Gasteiger partial charge in [0.05, 0.1) is 16.2 Å². The number of pyridine rings is 1. The third-order valence-corrected chi connectivity index (χ3v) is 2.95. The summed E-state index contributed by atoms with van der Waals surface area (Å²) in [6, 6.07) is 5.56. The molecule has 1 heterocycles. The molecule has 0 fully saturated rings. The van der Waals surface area contributed by atoms with Crippen LogP contribution in [-0.2, 0) is 6.61 Å². The van der Waals surface area contributed by atoms with Gasteiger partial charge in [-0.2, -0.15) is 0 Å². The Morgan fingerprint density at radius 3 is 2.55 bits per heavy atom. The van der Waals surface area contributed by atoms with Crippen molar-refractivity contribution in [2.45, 2.75) is 20.5 Å². The fourth-order valence-electron chi connectivity index (χ4n) is 1.87. The van der Waals surface area contributed by atoms with Gasteiger partial charge in [0.2, 0.25) is 0 Å². The molecular formula is C14H13FN2O3. The van der Waals surface area contributed by atoms with Gasteiger partial charge in [-0.25, -0.2) is 4.39 Å². The minimum atomic E-state index is -0.423. The second-order valence-electron chi connectivity index (χ2n) is 4.36. The van der Waals surface area contributed by atoms with E-state index in [2.05, 4.69) is 4.98 Å². The summed E-state index contributed by atoms with van der Waals surface area (Å²) in [6.45, 7) is 3.38. The summed E-state index contributed by atoms with van der Waals surface area (Å²) in [5, 5.41) is 11.0. The van der Waals surface area contributed by atoms with Crippen LogP contribution >= 0.6 is 0 Å². The minimum Gasteiger partial charge on any atom is -0.487 e. The standard InChI is InChI=1S/C14H13FN2O3/c1-9-7-16-13(10(2)14(9)17(18)19)8-20-12-5-3-11(15)4-6-12/h3-7H,8H2,1-2H3. The summed E-state index contributed by atoms with van der Waals surface area (Å²) in [6.07, 6.45) is 1.45. The summed E-state index contributed by atoms with van der Waals surface area (Å²) in [7, 11) is 0. The predicted octanol–water partition coefficient (Wildman–Crippen LogP) is 3.32. The van der Waals surface area contributed by atoms with Gasteiger partial charge in [0.1, 0.15) is 18.2 Å². The maximum absolute atomic E-state index is 12.8. The van der Waals surface area contributed by atoms with Crippen molar-refractivity contribution in [3.05, 3.63) is 63.2 Å². The van der Waals surface area contributed by atoms with Crippen LogP contribution in [0.25, 0.3) is 0 Å². The zero-order valence-corrected chi connectivity index (χ0v) is 11.1. The minimum absolute atomic E-state index is 0.0534. The molecule has 104 valence electrons. The largest absolute Gasteiger partial charge is 0.487 e. The van der Waals surface area contributed by atoms with Crippen LogP contribution in [-0.4, -0.2) is 9.91 Å². The van der Waals surface area contributed by atoms with E-state index in [1.54, 1.807) is 13.8 Å². The molecule has 1 aromatic heterocycles. The molecule has 0 atom stereocenters. The first kappa shape index (κ1) is 13.9. The molecule has 0 amide bonds. The second kappa shape index (κ2) is 5.64. The molecule has 2 rings (SSSR count). The van der Waals surface area contributed by atoms with E-state index in [1.807, 2.05) is 0 Å². The molecule has 0 unspecified atom stereocenters. The zero-order chi connectivity index (χ0) is 14.7. The van der Waals surface area contributed by atoms with Crippen molar-refractivity contribution in [3.8, 4) is 5.75 Å². The second-order valence-corrected chi connectivity index (χ2v) is 4.36. The molecule has 0 N–H and O–H groups in total. The molecule has 0 bridgehead atoms. The fourth-order valence-corrected chi connectivity index (χ4v) is 1.87. The smallest absolute Gasteiger partial charge is 0.278 e. The van der Waals surface area contributed by atoms with Gasteiger partial charge in [-0.15, -0.1) is 0 Å². The number of aryl methyl sites for hydroxylation is 1. The van der Waals surface area contributed by atoms with E-state index >= 15 is 0 Å². The number of hydrogen-bond donors (Lipinski definition) is 0. The molecule has 0 saturated carbocycles. The summed E-state index contributed by atoms with van der Waals surface area (Å²) in [5.74, 6) is 0.133. The molecule has 5 nitrogen and oxygen atoms in total. The normalized spacial score (nSPS) is 10.3. The van der Waals surface area contributed by atoms with Crippen molar-refractivity contribution in [2.75, 3.05) is 0 Å². The van der Waals surface area contributed by atoms with E-state index in [1.165, 1.54) is 30.5 Å². The van der Waals surface area contributed by atoms with E-state index in [-0.39, 0.29) is 18.1 Å². The number of benzene rings is 1. The maximum atomic E-state index is 12.8. The average molecular weight is 276 g/mol. The lowest BCUT2D eigenvalue weighted by Gasteiger charge is -2.09. The number of hydrogen-bond acceptors (Lipinski definition) is 4. The highest BCUT2D eigenvalue weighted by atomic mass is 19.1. The highest BCUT2D eigenvalue weighted by Gasteiger charge is 2.18. The van der Waals surface area contributed by atoms with E-state index in [0.717, 1.165) is 0 Å². The fraction of sp³-hybridized carbons (Fsp3) is 0.214. The molecule has 0 aliphatic carbocycles. The third-order valence-electron chi connectivity index (χ3n) is 2.95. The van der Waals surface area contributed by atoms with Crippen LogP contribution in [0, 0.1) is 29.8 Å². The van der Waals surface area contributed by atoms with Crippen molar-refractivity contribution in [1.82, 2.24) is 4.98 Å². The van der Waals surface area contributed by atoms with Crippen molar-refractivity contribution in [1.29, 1.82) is 0 Å². The number of halogens is 1. The quantitative estimate of drug-likeness (QED) is 0.634. The molecule has 20 heavy (non-hydrogen) atoms. The molecule has 6 heteroatoms. The van der Waals surface area contributed by atoms with Gasteiger partial charge in [-0.3, -0.25) is 15.1 Å². The Bertz CT molecular complexity index is 642. The van der Waals surface area contributed by atoms with Gasteiger partial charge < -0.3 is 4.74 Å². The van der Waals surface area contributed by atoms with Crippen LogP contribution in [0.4, 0.5) is 10.1 Å². The van der Waals surface area contributed by atoms with Crippen LogP contribution < -0.4 is 4.74 Å². The van der Waals surface area contributed by atoms with Crippen molar-refractivity contribution in [2.24, 2.45) is 0 Å². The van der Waals surface area contributed by atoms with E-state index in [4.69, 9.17) is 4.74 Å². The first-order valence-electron chi connectivity index (χ1n) is 5.97. The lowest BCUT2D eigenvalue weighted by molar-refractivity contribution is -0.386. The lowest BCUT2D eigenvalue weighted by atomic mass is 10.1. The predicted molar refractivity (Wildman–Crippen MR) is 71.1 cm³/mol. The summed E-state index contributed by atoms with van der Waals surface area (Å²) in [4.78, 5) is 14.7. The van der Waals surface area contributed by atoms with Crippen molar-refractivity contribution >= 4 is 5.69 Å². The number of ether oxygens (including phenoxy) is 1. The Morgan fingerprint density at radius 1 is 1.30 bits per heavy atom. The van der Waals surface area contributed by atoms with Crippen LogP contribution in [0.3, 0.4) is 0 Å². The monoisotopic (exact) mass is 276 g/mol. The van der Waals surface area contributed by atoms with Gasteiger partial charge in [-0.1, -0.05) is 0 Å². The third kappa shape index (κ3) is 2.90. The molecule has 1 aromatic carbocycles. The molecule has 0 radical (unpaired) electrons. The summed E-state index contributed by atoms with van der Waals surface area (Å²) >= 11 is 0. The van der Waals surface area contributed by atoms with E-state index in [0.29, 0.717) is 22.6 Å². The Morgan fingerprint density at radius 2 is 1.95 bits per heavy atom. The van der Waals surface area contributed by atoms with Gasteiger partial charge in [0.15, 0.2) is 0 Å². The molecular weight excluding hydrogens is 263 g/mol. The van der Waals surface area contributed by atoms with Crippen LogP contribution in [0.2, 0.25) is 0 Å². The number of rotatable bonds is 4. The van der Waals surface area contributed by atoms with Crippen LogP contribution in [0.15, 0.2) is 30.5 Å². The number of nitrogens with zero attached hydrogens (tertiary/aromatic N) is 2. The van der Waals surface area contributed by atoms with Crippen molar-refractivity contribution in [3.63, 3.8) is 0 Å². The van der Waals surface area contributed by atoms with Crippen molar-refractivity contribution < 1.29 is 14.1 Å². The van der Waals surface area contributed by atoms with Crippen LogP contribution in [0.1, 0.15) is 16.8 Å². The molecule has 0 spiro atoms. The number of nitro groups is 1. The first-order valence-corrected chi connectivity index (χ1v) is 5.97. The highest BCUT2D eigenvalue weighted by Crippen LogP contribution is 2.24. The van der Waals surface area contributed by atoms with E-state index < -0.39 is 4.92 Å². The molecule has 2 aromatic rings. The first-order chi connectivity index (χ1) is 9.49. The zero-order valence-electron chi connectivity index (χ0n) is 11.1. The maximum Gasteiger partial charge on any atom is 0.278 e. The van der Waals surface area contributed by atoms with Crippen LogP contribution in [0.5, 0.6) is 5.75 Å². The lowest BCUT2D eigenvalue weighted by Crippen LogP contribution is -2.05. The summed E-state index contributed by atoms with van der Waals surface area (Å²) in [5.41, 5.74) is 1.54. The Hall–Kier alpha value is -2.50. The van der Waals surface area contributed by atoms with E-state index in [9.17, 15) is 14.5 Å². The molecule has 0 saturated heterocycles. The molecule has 0 aliphatic heterocycles. The highest BCUT2D eigenvalue weighted by molar-refractivity contribution is 5.47.